The Kier molecular flexibility index (Phi) is 10.4. The first-order valence-corrected chi connectivity index (χ1v) is 13.7. The molecule has 9 heteroatoms. The van der Waals surface area contributed by atoms with E-state index >= 15 is 0 Å². The molecular formula is C24H36ClN5O2S. The van der Waals surface area contributed by atoms with Crippen molar-refractivity contribution in [2.45, 2.75) is 51.6 Å². The molecule has 3 rings (SSSR count). The minimum absolute atomic E-state index is 0.0515. The fraction of sp³-hybridized carbons (Fsp3) is 0.583. The van der Waals surface area contributed by atoms with Gasteiger partial charge in [0.15, 0.2) is 0 Å². The van der Waals surface area contributed by atoms with Crippen molar-refractivity contribution in [3.63, 3.8) is 0 Å². The summed E-state index contributed by atoms with van der Waals surface area (Å²) in [5, 5.41) is 3.78. The van der Waals surface area contributed by atoms with E-state index in [-0.39, 0.29) is 11.9 Å². The van der Waals surface area contributed by atoms with Crippen molar-refractivity contribution in [3.05, 3.63) is 53.1 Å². The highest BCUT2D eigenvalue weighted by Crippen LogP contribution is 2.15. The summed E-state index contributed by atoms with van der Waals surface area (Å²) in [5.41, 5.74) is 2.15. The van der Waals surface area contributed by atoms with Gasteiger partial charge in [0, 0.05) is 62.3 Å². The highest BCUT2D eigenvalue weighted by atomic mass is 35.5. The van der Waals surface area contributed by atoms with E-state index in [1.54, 1.807) is 12.6 Å². The Balaban J connectivity index is 1.52. The summed E-state index contributed by atoms with van der Waals surface area (Å²) in [6.07, 6.45) is 10.8. The second-order valence-corrected chi connectivity index (χ2v) is 10.4. The van der Waals surface area contributed by atoms with E-state index in [1.165, 1.54) is 19.3 Å². The Morgan fingerprint density at radius 2 is 2.12 bits per heavy atom. The van der Waals surface area contributed by atoms with Gasteiger partial charge < -0.3 is 9.88 Å². The predicted molar refractivity (Wildman–Crippen MR) is 135 cm³/mol. The van der Waals surface area contributed by atoms with Gasteiger partial charge in [-0.15, -0.1) is 0 Å². The lowest BCUT2D eigenvalue weighted by Crippen LogP contribution is -2.59. The predicted octanol–water partition coefficient (Wildman–Crippen LogP) is 3.10. The molecule has 1 aliphatic rings. The summed E-state index contributed by atoms with van der Waals surface area (Å²) in [6, 6.07) is 7.40. The Bertz CT molecular complexity index is 922. The first kappa shape index (κ1) is 25.9. The van der Waals surface area contributed by atoms with Gasteiger partial charge in [0.1, 0.15) is 6.04 Å². The smallest absolute Gasteiger partial charge is 0.239 e. The highest BCUT2D eigenvalue weighted by molar-refractivity contribution is 7.81. The van der Waals surface area contributed by atoms with E-state index in [1.807, 2.05) is 34.8 Å². The number of carbonyl (C=O) groups excluding carboxylic acids is 1. The summed E-state index contributed by atoms with van der Waals surface area (Å²) in [4.78, 5) is 19.6. The number of piperazine rings is 1. The van der Waals surface area contributed by atoms with Crippen molar-refractivity contribution in [1.82, 2.24) is 24.1 Å². The minimum Gasteiger partial charge on any atom is -0.354 e. The number of nitrogens with one attached hydrogen (secondary N) is 1. The van der Waals surface area contributed by atoms with Crippen LogP contribution in [0.3, 0.4) is 0 Å². The third-order valence-corrected chi connectivity index (χ3v) is 7.43. The molecule has 182 valence electrons. The Morgan fingerprint density at radius 1 is 1.27 bits per heavy atom. The zero-order valence-electron chi connectivity index (χ0n) is 19.7. The monoisotopic (exact) mass is 493 g/mol. The molecule has 1 amide bonds. The number of halogens is 1. The zero-order valence-corrected chi connectivity index (χ0v) is 21.3. The minimum atomic E-state index is -1.17. The van der Waals surface area contributed by atoms with Gasteiger partial charge in [-0.25, -0.2) is 13.5 Å². The lowest BCUT2D eigenvalue weighted by atomic mass is 10.1. The second kappa shape index (κ2) is 13.2. The van der Waals surface area contributed by atoms with Crippen LogP contribution in [0.5, 0.6) is 0 Å². The number of unbranched alkanes of at least 4 members (excludes halogenated alkanes) is 3. The average molecular weight is 494 g/mol. The van der Waals surface area contributed by atoms with Crippen LogP contribution in [-0.4, -0.2) is 73.9 Å². The number of nitrogens with zero attached hydrogens (tertiary/aromatic N) is 4. The third kappa shape index (κ3) is 7.91. The van der Waals surface area contributed by atoms with Crippen LogP contribution in [0.25, 0.3) is 0 Å². The number of hydrogen-bond donors (Lipinski definition) is 1. The van der Waals surface area contributed by atoms with Gasteiger partial charge in [-0.3, -0.25) is 9.69 Å². The van der Waals surface area contributed by atoms with Crippen molar-refractivity contribution in [2.24, 2.45) is 0 Å². The summed E-state index contributed by atoms with van der Waals surface area (Å²) in [6.45, 7) is 6.54. The normalized spacial score (nSPS) is 18.3. The fourth-order valence-electron chi connectivity index (χ4n) is 4.27. The van der Waals surface area contributed by atoms with Crippen molar-refractivity contribution >= 4 is 28.5 Å². The zero-order chi connectivity index (χ0) is 23.6. The van der Waals surface area contributed by atoms with Gasteiger partial charge in [-0.2, -0.15) is 0 Å². The molecule has 1 N–H and O–H groups in total. The molecule has 2 heterocycles. The largest absolute Gasteiger partial charge is 0.354 e. The van der Waals surface area contributed by atoms with Crippen LogP contribution < -0.4 is 5.32 Å². The molecule has 33 heavy (non-hydrogen) atoms. The number of benzene rings is 1. The van der Waals surface area contributed by atoms with E-state index in [9.17, 15) is 9.00 Å². The van der Waals surface area contributed by atoms with Crippen molar-refractivity contribution in [2.75, 3.05) is 39.0 Å². The molecule has 7 nitrogen and oxygen atoms in total. The van der Waals surface area contributed by atoms with Crippen molar-refractivity contribution in [3.8, 4) is 0 Å². The number of amides is 1. The molecule has 1 aliphatic heterocycles. The number of imidazole rings is 1. The quantitative estimate of drug-likeness (QED) is 0.461. The molecule has 0 saturated carbocycles. The molecular weight excluding hydrogens is 458 g/mol. The SMILES string of the molecule is CCCCCCN1CCN(S(C)=O)C(C(=O)NCCc2cncn2Cc2cccc(Cl)c2)C1. The number of aromatic nitrogens is 2. The maximum absolute atomic E-state index is 13.0. The Labute approximate surface area is 205 Å². The number of carbonyl (C=O) groups is 1. The maximum Gasteiger partial charge on any atom is 0.239 e. The highest BCUT2D eigenvalue weighted by Gasteiger charge is 2.34. The first-order valence-electron chi connectivity index (χ1n) is 11.8. The van der Waals surface area contributed by atoms with Crippen LogP contribution in [-0.2, 0) is 28.7 Å². The van der Waals surface area contributed by atoms with Crippen molar-refractivity contribution in [1.29, 1.82) is 0 Å². The van der Waals surface area contributed by atoms with Crippen LogP contribution >= 0.6 is 11.6 Å². The van der Waals surface area contributed by atoms with Crippen LogP contribution in [0.15, 0.2) is 36.8 Å². The van der Waals surface area contributed by atoms with E-state index in [2.05, 4.69) is 26.7 Å². The maximum atomic E-state index is 13.0. The molecule has 0 spiro atoms. The summed E-state index contributed by atoms with van der Waals surface area (Å²) in [5.74, 6) is -0.0515. The Hall–Kier alpha value is -1.74. The average Bonchev–Trinajstić information content (AvgIpc) is 3.23. The summed E-state index contributed by atoms with van der Waals surface area (Å²) in [7, 11) is -1.17. The second-order valence-electron chi connectivity index (χ2n) is 8.63. The Morgan fingerprint density at radius 3 is 2.88 bits per heavy atom. The number of rotatable bonds is 12. The lowest BCUT2D eigenvalue weighted by molar-refractivity contribution is -0.126. The molecule has 0 radical (unpaired) electrons. The number of hydrogen-bond acceptors (Lipinski definition) is 4. The first-order chi connectivity index (χ1) is 16.0. The van der Waals surface area contributed by atoms with E-state index in [0.29, 0.717) is 37.6 Å². The van der Waals surface area contributed by atoms with Crippen LogP contribution in [0.4, 0.5) is 0 Å². The molecule has 2 unspecified atom stereocenters. The van der Waals surface area contributed by atoms with Crippen molar-refractivity contribution < 1.29 is 9.00 Å². The molecule has 1 aromatic heterocycles. The van der Waals surface area contributed by atoms with E-state index in [0.717, 1.165) is 30.8 Å². The van der Waals surface area contributed by atoms with Gasteiger partial charge in [0.05, 0.1) is 17.3 Å². The van der Waals surface area contributed by atoms with Gasteiger partial charge in [0.25, 0.3) is 0 Å². The molecule has 2 atom stereocenters. The summed E-state index contributed by atoms with van der Waals surface area (Å²) >= 11 is 6.10. The molecule has 0 bridgehead atoms. The molecule has 2 aromatic rings. The van der Waals surface area contributed by atoms with Gasteiger partial charge in [-0.05, 0) is 30.7 Å². The lowest BCUT2D eigenvalue weighted by Gasteiger charge is -2.39. The van der Waals surface area contributed by atoms with E-state index in [4.69, 9.17) is 11.6 Å². The van der Waals surface area contributed by atoms with Crippen LogP contribution in [0.1, 0.15) is 43.9 Å². The topological polar surface area (TPSA) is 70.5 Å². The van der Waals surface area contributed by atoms with Crippen LogP contribution in [0, 0.1) is 0 Å². The van der Waals surface area contributed by atoms with Gasteiger partial charge >= 0.3 is 0 Å². The van der Waals surface area contributed by atoms with Gasteiger partial charge in [0.2, 0.25) is 5.91 Å². The fourth-order valence-corrected chi connectivity index (χ4v) is 5.34. The third-order valence-electron chi connectivity index (χ3n) is 6.10. The van der Waals surface area contributed by atoms with Gasteiger partial charge in [-0.1, -0.05) is 49.9 Å². The molecule has 1 saturated heterocycles. The standard InChI is InChI=1S/C24H36ClN5O2S/c1-3-4-5-6-12-28-13-14-30(33(2)32)23(18-28)24(31)27-11-10-22-16-26-19-29(22)17-20-8-7-9-21(25)15-20/h7-9,15-16,19,23H,3-6,10-14,17-18H2,1-2H3,(H,27,31). The van der Waals surface area contributed by atoms with E-state index < -0.39 is 11.0 Å². The summed E-state index contributed by atoms with van der Waals surface area (Å²) < 4.78 is 16.1. The molecule has 0 aliphatic carbocycles. The molecule has 1 aromatic carbocycles. The molecule has 1 fully saturated rings. The van der Waals surface area contributed by atoms with Crippen LogP contribution in [0.2, 0.25) is 5.02 Å².